The topological polar surface area (TPSA) is 149 Å². The van der Waals surface area contributed by atoms with Crippen LogP contribution >= 0.6 is 21.6 Å². The minimum Gasteiger partial charge on any atom is -0.739 e. The van der Waals surface area contributed by atoms with E-state index in [1.165, 1.54) is 0 Å². The predicted octanol–water partition coefficient (Wildman–Crippen LogP) is -1.21. The number of sulfone groups is 1. The first-order valence-electron chi connectivity index (χ1n) is 3.82. The molecule has 0 aromatic heterocycles. The van der Waals surface area contributed by atoms with Gasteiger partial charge in [0.2, 0.25) is 0 Å². The Balaban J connectivity index is 4.06. The summed E-state index contributed by atoms with van der Waals surface area (Å²) in [6.07, 6.45) is 0. The normalized spacial score (nSPS) is 13.8. The van der Waals surface area contributed by atoms with Crippen molar-refractivity contribution >= 4 is 49.7 Å². The highest BCUT2D eigenvalue weighted by Crippen LogP contribution is 2.12. The van der Waals surface area contributed by atoms with E-state index in [1.807, 2.05) is 0 Å². The van der Waals surface area contributed by atoms with E-state index in [-0.39, 0.29) is 21.6 Å². The van der Waals surface area contributed by atoms with Crippen molar-refractivity contribution in [2.24, 2.45) is 0 Å². The minimum absolute atomic E-state index is 0.0498. The monoisotopic (exact) mass is 344 g/mol. The summed E-state index contributed by atoms with van der Waals surface area (Å²) in [5.74, 6) is -2.00. The highest BCUT2D eigenvalue weighted by Gasteiger charge is 2.12. The van der Waals surface area contributed by atoms with Crippen LogP contribution in [0.5, 0.6) is 0 Å². The molecule has 0 aliphatic carbocycles. The van der Waals surface area contributed by atoms with Crippen LogP contribution in [0.25, 0.3) is 0 Å². The molecular formula is C4H8O8S5-2. The van der Waals surface area contributed by atoms with Gasteiger partial charge in [-0.05, 0) is 21.6 Å². The van der Waals surface area contributed by atoms with Gasteiger partial charge in [0.1, 0.15) is 18.3 Å². The second-order valence-electron chi connectivity index (χ2n) is 2.61. The summed E-state index contributed by atoms with van der Waals surface area (Å²) >= 11 is 0. The van der Waals surface area contributed by atoms with Crippen LogP contribution < -0.4 is 0 Å². The van der Waals surface area contributed by atoms with Crippen molar-refractivity contribution in [1.29, 1.82) is 0 Å². The Labute approximate surface area is 107 Å². The van der Waals surface area contributed by atoms with Gasteiger partial charge in [-0.2, -0.15) is 0 Å². The zero-order valence-corrected chi connectivity index (χ0v) is 12.2. The van der Waals surface area contributed by atoms with Crippen molar-refractivity contribution in [2.45, 2.75) is 0 Å². The summed E-state index contributed by atoms with van der Waals surface area (Å²) in [6, 6.07) is 0. The molecule has 0 saturated heterocycles. The lowest BCUT2D eigenvalue weighted by atomic mass is 10.9. The van der Waals surface area contributed by atoms with Gasteiger partial charge in [-0.25, -0.2) is 25.3 Å². The lowest BCUT2D eigenvalue weighted by molar-refractivity contribution is 0.480. The third-order valence-corrected chi connectivity index (χ3v) is 7.46. The maximum Gasteiger partial charge on any atom is 0.152 e. The van der Waals surface area contributed by atoms with Crippen LogP contribution in [-0.4, -0.2) is 57.4 Å². The summed E-state index contributed by atoms with van der Waals surface area (Å²) in [5.41, 5.74) is 0. The van der Waals surface area contributed by atoms with Gasteiger partial charge in [0.15, 0.2) is 9.84 Å². The molecule has 13 heteroatoms. The Bertz CT molecular complexity index is 482. The van der Waals surface area contributed by atoms with Crippen LogP contribution in [0.4, 0.5) is 0 Å². The Morgan fingerprint density at radius 2 is 1.00 bits per heavy atom. The van der Waals surface area contributed by atoms with E-state index in [2.05, 4.69) is 0 Å². The molecule has 0 unspecified atom stereocenters. The van der Waals surface area contributed by atoms with Crippen molar-refractivity contribution < 1.29 is 34.4 Å². The molecule has 0 aromatic carbocycles. The van der Waals surface area contributed by atoms with Gasteiger partial charge in [0, 0.05) is 11.5 Å². The summed E-state index contributed by atoms with van der Waals surface area (Å²) in [4.78, 5) is 0. The van der Waals surface area contributed by atoms with Crippen LogP contribution in [-0.2, 0) is 28.1 Å². The van der Waals surface area contributed by atoms with E-state index < -0.39 is 51.1 Å². The Kier molecular flexibility index (Phi) is 6.76. The van der Waals surface area contributed by atoms with Crippen LogP contribution in [0.3, 0.4) is 0 Å². The van der Waals surface area contributed by atoms with Gasteiger partial charge >= 0.3 is 0 Å². The molecule has 8 nitrogen and oxygen atoms in total. The van der Waals surface area contributed by atoms with Crippen molar-refractivity contribution in [2.75, 3.05) is 23.0 Å². The van der Waals surface area contributed by atoms with E-state index >= 15 is 0 Å². The molecule has 0 aromatic rings. The second-order valence-corrected chi connectivity index (χ2v) is 11.7. The number of hydrogen-bond donors (Lipinski definition) is 0. The van der Waals surface area contributed by atoms with Crippen molar-refractivity contribution in [3.8, 4) is 0 Å². The van der Waals surface area contributed by atoms with E-state index in [9.17, 15) is 34.4 Å². The van der Waals surface area contributed by atoms with Crippen LogP contribution in [0.15, 0.2) is 0 Å². The molecular weight excluding hydrogens is 336 g/mol. The molecule has 0 bridgehead atoms. The zero-order chi connectivity index (χ0) is 13.7. The number of rotatable bonds is 8. The van der Waals surface area contributed by atoms with Crippen molar-refractivity contribution in [3.05, 3.63) is 0 Å². The van der Waals surface area contributed by atoms with Gasteiger partial charge in [-0.3, -0.25) is 0 Å². The molecule has 0 saturated carbocycles. The van der Waals surface area contributed by atoms with Gasteiger partial charge in [-0.1, -0.05) is 0 Å². The fraction of sp³-hybridized carbons (Fsp3) is 1.00. The second kappa shape index (κ2) is 6.58. The third-order valence-electron chi connectivity index (χ3n) is 1.24. The first-order chi connectivity index (χ1) is 7.41. The van der Waals surface area contributed by atoms with Gasteiger partial charge < -0.3 is 9.11 Å². The first-order valence-corrected chi connectivity index (χ1v) is 11.5. The summed E-state index contributed by atoms with van der Waals surface area (Å²) in [5, 5.41) is 0. The van der Waals surface area contributed by atoms with Gasteiger partial charge in [0.25, 0.3) is 0 Å². The largest absolute Gasteiger partial charge is 0.739 e. The average Bonchev–Trinajstić information content (AvgIpc) is 1.96. The molecule has 104 valence electrons. The summed E-state index contributed by atoms with van der Waals surface area (Å²) in [7, 11) is -12.9. The van der Waals surface area contributed by atoms with Crippen molar-refractivity contribution in [1.82, 2.24) is 0 Å². The molecule has 0 fully saturated rings. The first kappa shape index (κ1) is 17.5. The lowest BCUT2D eigenvalue weighted by Crippen LogP contribution is -2.15. The maximum atomic E-state index is 11.2. The molecule has 0 radical (unpaired) electrons. The molecule has 0 rings (SSSR count). The highest BCUT2D eigenvalue weighted by molar-refractivity contribution is 8.70. The molecule has 0 heterocycles. The van der Waals surface area contributed by atoms with E-state index in [1.54, 1.807) is 0 Å². The third kappa shape index (κ3) is 12.7. The fourth-order valence-electron chi connectivity index (χ4n) is 0.628. The van der Waals surface area contributed by atoms with E-state index in [4.69, 9.17) is 0 Å². The van der Waals surface area contributed by atoms with Gasteiger partial charge in [0.05, 0.1) is 11.5 Å². The average molecular weight is 344 g/mol. The van der Waals surface area contributed by atoms with Crippen LogP contribution in [0.1, 0.15) is 0 Å². The Morgan fingerprint density at radius 3 is 1.24 bits per heavy atom. The quantitative estimate of drug-likeness (QED) is 0.387. The number of hydrogen-bond acceptors (Lipinski definition) is 10. The molecule has 0 aliphatic rings. The Morgan fingerprint density at radius 1 is 0.706 bits per heavy atom. The summed E-state index contributed by atoms with van der Waals surface area (Å²) < 4.78 is 83.3. The fourth-order valence-corrected chi connectivity index (χ4v) is 6.27. The van der Waals surface area contributed by atoms with Crippen LogP contribution in [0.2, 0.25) is 0 Å². The smallest absolute Gasteiger partial charge is 0.152 e. The molecule has 0 aliphatic heterocycles. The molecule has 0 spiro atoms. The SMILES string of the molecule is O=S(=O)(CCSS(=O)(=O)[O-])CCSS(=O)(=O)[O-]. The molecule has 17 heavy (non-hydrogen) atoms. The van der Waals surface area contributed by atoms with Gasteiger partial charge in [-0.15, -0.1) is 0 Å². The maximum absolute atomic E-state index is 11.2. The molecule has 0 amide bonds. The van der Waals surface area contributed by atoms with E-state index in [0.29, 0.717) is 0 Å². The van der Waals surface area contributed by atoms with Crippen LogP contribution in [0, 0.1) is 0 Å². The van der Waals surface area contributed by atoms with Crippen molar-refractivity contribution in [3.63, 3.8) is 0 Å². The summed E-state index contributed by atoms with van der Waals surface area (Å²) in [6.45, 7) is 0. The standard InChI is InChI=1S/C4H10O8S5/c5-15(6,3-1-13-16(7,8)9)4-2-14-17(10,11)12/h1-4H2,(H,7,8,9)(H,10,11,12)/p-2. The Hall–Kier alpha value is 0.470. The molecule has 0 atom stereocenters. The predicted molar refractivity (Wildman–Crippen MR) is 63.0 cm³/mol. The molecule has 0 N–H and O–H groups in total. The minimum atomic E-state index is -4.54. The zero-order valence-electron chi connectivity index (χ0n) is 8.14. The highest BCUT2D eigenvalue weighted by atomic mass is 33.2. The van der Waals surface area contributed by atoms with E-state index in [0.717, 1.165) is 0 Å². The lowest BCUT2D eigenvalue weighted by Gasteiger charge is -2.07.